The normalized spacial score (nSPS) is 37.8. The third-order valence-electron chi connectivity index (χ3n) is 11.4. The molecule has 7 unspecified atom stereocenters. The monoisotopic (exact) mass is 585 g/mol. The molecule has 5 rings (SSSR count). The second kappa shape index (κ2) is 12.1. The minimum Gasteiger partial charge on any atom is -0.393 e. The Labute approximate surface area is 241 Å². The second-order valence-corrected chi connectivity index (χ2v) is 14.1. The number of rotatable bonds is 5. The molecule has 0 aliphatic heterocycles. The number of fused-ring (bicyclic) bond motifs is 5. The number of alkyl halides is 3. The smallest absolute Gasteiger partial charge is 0.393 e. The summed E-state index contributed by atoms with van der Waals surface area (Å²) < 4.78 is 55.2. The topological polar surface area (TPSA) is 49.3 Å². The van der Waals surface area contributed by atoms with Gasteiger partial charge in [-0.1, -0.05) is 34.6 Å². The highest BCUT2D eigenvalue weighted by Gasteiger charge is 2.60. The van der Waals surface area contributed by atoms with Crippen molar-refractivity contribution in [1.29, 1.82) is 0 Å². The first-order chi connectivity index (χ1) is 18.8. The minimum atomic E-state index is -4.60. The molecule has 0 radical (unpaired) electrons. The first-order valence-corrected chi connectivity index (χ1v) is 16.1. The van der Waals surface area contributed by atoms with Crippen LogP contribution in [-0.2, 0) is 11.0 Å². The zero-order valence-corrected chi connectivity index (χ0v) is 25.4. The molecule has 226 valence electrons. The molecule has 1 amide bonds. The van der Waals surface area contributed by atoms with E-state index in [2.05, 4.69) is 25.5 Å². The molecule has 1 aromatic rings. The summed E-state index contributed by atoms with van der Waals surface area (Å²) in [6.45, 7) is 11.1. The van der Waals surface area contributed by atoms with Crippen LogP contribution in [0.2, 0.25) is 0 Å². The number of carbonyl (C=O) groups is 1. The van der Waals surface area contributed by atoms with Crippen LogP contribution in [0.4, 0.5) is 17.6 Å². The lowest BCUT2D eigenvalue weighted by Crippen LogP contribution is -2.54. The highest BCUT2D eigenvalue weighted by Crippen LogP contribution is 2.68. The Kier molecular flexibility index (Phi) is 9.61. The molecule has 0 bridgehead atoms. The summed E-state index contributed by atoms with van der Waals surface area (Å²) in [4.78, 5) is 12.8. The number of carbonyl (C=O) groups excluding carboxylic acids is 1. The van der Waals surface area contributed by atoms with Gasteiger partial charge in [0.1, 0.15) is 5.82 Å². The van der Waals surface area contributed by atoms with Crippen LogP contribution in [0.5, 0.6) is 0 Å². The van der Waals surface area contributed by atoms with Gasteiger partial charge in [-0.2, -0.15) is 13.2 Å². The first-order valence-electron chi connectivity index (χ1n) is 15.3. The Morgan fingerprint density at radius 3 is 2.40 bits per heavy atom. The quantitative estimate of drug-likeness (QED) is 0.268. The molecule has 4 fully saturated rings. The van der Waals surface area contributed by atoms with E-state index in [1.807, 2.05) is 13.8 Å². The third kappa shape index (κ3) is 5.95. The molecule has 1 aromatic carbocycles. The lowest BCUT2D eigenvalue weighted by atomic mass is 9.44. The fourth-order valence-corrected chi connectivity index (χ4v) is 10.2. The van der Waals surface area contributed by atoms with Crippen LogP contribution in [-0.4, -0.2) is 17.1 Å². The van der Waals surface area contributed by atoms with Gasteiger partial charge in [-0.3, -0.25) is 9.52 Å². The summed E-state index contributed by atoms with van der Waals surface area (Å²) in [5, 5.41) is 10.3. The van der Waals surface area contributed by atoms with E-state index in [0.717, 1.165) is 61.6 Å². The van der Waals surface area contributed by atoms with Gasteiger partial charge in [-0.15, -0.1) is 0 Å². The number of benzene rings is 1. The number of amides is 1. The zero-order chi connectivity index (χ0) is 29.5. The average molecular weight is 586 g/mol. The Morgan fingerprint density at radius 2 is 1.73 bits per heavy atom. The van der Waals surface area contributed by atoms with Crippen molar-refractivity contribution in [3.63, 3.8) is 0 Å². The van der Waals surface area contributed by atoms with Gasteiger partial charge >= 0.3 is 6.18 Å². The molecular weight excluding hydrogens is 538 g/mol. The van der Waals surface area contributed by atoms with Gasteiger partial charge in [0.15, 0.2) is 0 Å². The number of hydrogen-bond donors (Lipinski definition) is 2. The van der Waals surface area contributed by atoms with E-state index in [4.69, 9.17) is 0 Å². The van der Waals surface area contributed by atoms with Crippen molar-refractivity contribution in [2.24, 2.45) is 46.3 Å². The summed E-state index contributed by atoms with van der Waals surface area (Å²) in [6.07, 6.45) is 5.87. The molecule has 2 N–H and O–H groups in total. The maximum absolute atomic E-state index is 14.2. The Hall–Kier alpha value is -1.28. The second-order valence-electron chi connectivity index (χ2n) is 13.3. The van der Waals surface area contributed by atoms with Gasteiger partial charge in [-0.25, -0.2) is 4.39 Å². The molecule has 4 aliphatic rings. The molecule has 4 saturated carbocycles. The van der Waals surface area contributed by atoms with Crippen molar-refractivity contribution in [2.45, 2.75) is 116 Å². The zero-order valence-electron chi connectivity index (χ0n) is 24.6. The van der Waals surface area contributed by atoms with E-state index < -0.39 is 17.6 Å². The van der Waals surface area contributed by atoms with Crippen molar-refractivity contribution >= 4 is 17.9 Å². The predicted molar refractivity (Wildman–Crippen MR) is 152 cm³/mol. The predicted octanol–water partition coefficient (Wildman–Crippen LogP) is 9.04. The fraction of sp³-hybridized carbons (Fsp3) is 0.781. The molecule has 0 spiro atoms. The molecule has 0 heterocycles. The maximum Gasteiger partial charge on any atom is 0.416 e. The van der Waals surface area contributed by atoms with Crippen LogP contribution in [0.15, 0.2) is 23.1 Å². The summed E-state index contributed by atoms with van der Waals surface area (Å²) >= 11 is 0.746. The average Bonchev–Trinajstić information content (AvgIpc) is 3.26. The molecule has 0 saturated heterocycles. The Balaban J connectivity index is 0.00000181. The number of nitrogens with one attached hydrogen (secondary N) is 1. The first kappa shape index (κ1) is 31.7. The fourth-order valence-electron chi connectivity index (χ4n) is 9.56. The molecular formula is C32H47F4NO2S. The lowest BCUT2D eigenvalue weighted by Gasteiger charge is -2.61. The Morgan fingerprint density at radius 1 is 1.05 bits per heavy atom. The van der Waals surface area contributed by atoms with Gasteiger partial charge in [-0.05, 0) is 134 Å². The van der Waals surface area contributed by atoms with Gasteiger partial charge in [0, 0.05) is 6.42 Å². The van der Waals surface area contributed by atoms with E-state index in [-0.39, 0.29) is 28.2 Å². The van der Waals surface area contributed by atoms with Crippen molar-refractivity contribution in [3.05, 3.63) is 29.6 Å². The molecule has 4 aliphatic carbocycles. The summed E-state index contributed by atoms with van der Waals surface area (Å²) in [5.41, 5.74) is -0.482. The standard InChI is InChI=1S/C30H41F4NO2S.C2H6/c1-17(14-27(37)35-38-26-9-5-19(16-25(26)31)30(32,33)34)22-7-8-23-21-6-4-18-15-20(36)10-12-28(18,2)24(21)11-13-29(22,23)3;1-2/h5,9,16-18,20-24,36H,4,6-8,10-15H2,1-3H3,(H,35,37);1-2H3/t17-,18?,20-,21?,22?,23?,24?,28?,29?;/m1./s1. The van der Waals surface area contributed by atoms with Crippen LogP contribution >= 0.6 is 11.9 Å². The SMILES string of the molecule is CC.C[C@H](CC(=O)NSc1ccc(C(F)(F)F)cc1F)C1CCC2C3CCC4C[C@H](O)CCC4(C)C3CCC21C. The lowest BCUT2D eigenvalue weighted by molar-refractivity contribution is -0.137. The maximum atomic E-state index is 14.2. The summed E-state index contributed by atoms with van der Waals surface area (Å²) in [6, 6.07) is 2.37. The van der Waals surface area contributed by atoms with Crippen molar-refractivity contribution < 1.29 is 27.5 Å². The van der Waals surface area contributed by atoms with Crippen LogP contribution in [0, 0.1) is 52.2 Å². The van der Waals surface area contributed by atoms with Gasteiger partial charge in [0.25, 0.3) is 0 Å². The van der Waals surface area contributed by atoms with Gasteiger partial charge in [0.05, 0.1) is 16.6 Å². The van der Waals surface area contributed by atoms with Crippen molar-refractivity contribution in [3.8, 4) is 0 Å². The van der Waals surface area contributed by atoms with Crippen LogP contribution < -0.4 is 4.72 Å². The third-order valence-corrected chi connectivity index (χ3v) is 12.3. The number of hydrogen-bond acceptors (Lipinski definition) is 3. The molecule has 0 aromatic heterocycles. The van der Waals surface area contributed by atoms with Crippen LogP contribution in [0.25, 0.3) is 0 Å². The Bertz CT molecular complexity index is 1050. The summed E-state index contributed by atoms with van der Waals surface area (Å²) in [7, 11) is 0. The van der Waals surface area contributed by atoms with E-state index in [1.165, 1.54) is 32.1 Å². The van der Waals surface area contributed by atoms with Crippen LogP contribution in [0.3, 0.4) is 0 Å². The van der Waals surface area contributed by atoms with Crippen molar-refractivity contribution in [2.75, 3.05) is 0 Å². The van der Waals surface area contributed by atoms with Crippen molar-refractivity contribution in [1.82, 2.24) is 4.72 Å². The number of aliphatic hydroxyl groups excluding tert-OH is 1. The van der Waals surface area contributed by atoms with E-state index in [1.54, 1.807) is 0 Å². The molecule has 40 heavy (non-hydrogen) atoms. The minimum absolute atomic E-state index is 0.0236. The molecule has 3 nitrogen and oxygen atoms in total. The van der Waals surface area contributed by atoms with E-state index >= 15 is 0 Å². The highest BCUT2D eigenvalue weighted by atomic mass is 32.2. The largest absolute Gasteiger partial charge is 0.416 e. The number of aliphatic hydroxyl groups is 1. The van der Waals surface area contributed by atoms with Crippen LogP contribution in [0.1, 0.15) is 104 Å². The van der Waals surface area contributed by atoms with E-state index in [0.29, 0.717) is 35.7 Å². The van der Waals surface area contributed by atoms with Gasteiger partial charge < -0.3 is 5.11 Å². The highest BCUT2D eigenvalue weighted by molar-refractivity contribution is 7.98. The van der Waals surface area contributed by atoms with Gasteiger partial charge in [0.2, 0.25) is 5.91 Å². The summed E-state index contributed by atoms with van der Waals surface area (Å²) in [5.74, 6) is 2.21. The number of halogens is 4. The molecule has 8 heteroatoms. The molecule has 9 atom stereocenters. The van der Waals surface area contributed by atoms with E-state index in [9.17, 15) is 27.5 Å².